The average molecular weight is 218 g/mol. The van der Waals surface area contributed by atoms with Crippen molar-refractivity contribution in [1.82, 2.24) is 15.0 Å². The molecule has 3 N–H and O–H groups in total. The van der Waals surface area contributed by atoms with Crippen LogP contribution in [0.25, 0.3) is 11.2 Å². The van der Waals surface area contributed by atoms with Gasteiger partial charge in [-0.1, -0.05) is 0 Å². The van der Waals surface area contributed by atoms with Crippen LogP contribution in [0.4, 0.5) is 5.82 Å². The van der Waals surface area contributed by atoms with E-state index in [1.54, 1.807) is 6.07 Å². The van der Waals surface area contributed by atoms with Crippen LogP contribution in [-0.2, 0) is 4.74 Å². The number of imidazole rings is 1. The molecule has 3 heterocycles. The lowest BCUT2D eigenvalue weighted by molar-refractivity contribution is 0.117. The number of nitrogens with zero attached hydrogens (tertiary/aromatic N) is 2. The summed E-state index contributed by atoms with van der Waals surface area (Å²) in [5.41, 5.74) is 7.25. The molecule has 2 atom stereocenters. The minimum atomic E-state index is 0.220. The first-order chi connectivity index (χ1) is 7.74. The fourth-order valence-corrected chi connectivity index (χ4v) is 2.19. The van der Waals surface area contributed by atoms with E-state index in [0.29, 0.717) is 17.4 Å². The van der Waals surface area contributed by atoms with E-state index in [9.17, 15) is 0 Å². The number of fused-ring (bicyclic) bond motifs is 1. The number of H-pyrrole nitrogens is 1. The van der Waals surface area contributed by atoms with Crippen LogP contribution in [0, 0.1) is 0 Å². The molecule has 5 nitrogen and oxygen atoms in total. The Bertz CT molecular complexity index is 522. The van der Waals surface area contributed by atoms with Crippen LogP contribution in [0.3, 0.4) is 0 Å². The number of nitrogens with one attached hydrogen (secondary N) is 1. The molecule has 1 aliphatic heterocycles. The number of anilines is 1. The quantitative estimate of drug-likeness (QED) is 0.759. The third-order valence-corrected chi connectivity index (χ3v) is 3.11. The first-order valence-corrected chi connectivity index (χ1v) is 5.48. The van der Waals surface area contributed by atoms with Gasteiger partial charge >= 0.3 is 0 Å². The van der Waals surface area contributed by atoms with Gasteiger partial charge in [-0.2, -0.15) is 0 Å². The standard InChI is InChI=1S/C11H14N4O/c1-6-7(4-5-16-6)10-13-8-2-3-9(12)14-11(8)15-10/h2-3,6-7H,4-5H2,1H3,(H3,12,13,14,15). The summed E-state index contributed by atoms with van der Waals surface area (Å²) < 4.78 is 5.53. The Morgan fingerprint density at radius 3 is 3.06 bits per heavy atom. The Hall–Kier alpha value is -1.62. The van der Waals surface area contributed by atoms with Crippen molar-refractivity contribution in [3.8, 4) is 0 Å². The summed E-state index contributed by atoms with van der Waals surface area (Å²) in [5.74, 6) is 1.80. The maximum Gasteiger partial charge on any atom is 0.179 e. The molecule has 1 saturated heterocycles. The van der Waals surface area contributed by atoms with Gasteiger partial charge in [-0.05, 0) is 25.5 Å². The number of nitrogens with two attached hydrogens (primary N) is 1. The van der Waals surface area contributed by atoms with Crippen LogP contribution in [0.15, 0.2) is 12.1 Å². The van der Waals surface area contributed by atoms with E-state index in [2.05, 4.69) is 21.9 Å². The SMILES string of the molecule is CC1OCCC1c1nc2nc(N)ccc2[nH]1. The predicted octanol–water partition coefficient (Wildman–Crippen LogP) is 1.43. The molecule has 1 aliphatic rings. The van der Waals surface area contributed by atoms with Crippen molar-refractivity contribution in [2.75, 3.05) is 12.3 Å². The van der Waals surface area contributed by atoms with Gasteiger partial charge in [-0.25, -0.2) is 9.97 Å². The van der Waals surface area contributed by atoms with E-state index in [0.717, 1.165) is 24.4 Å². The molecule has 2 aromatic heterocycles. The number of rotatable bonds is 1. The molecule has 0 spiro atoms. The fraction of sp³-hybridized carbons (Fsp3) is 0.455. The van der Waals surface area contributed by atoms with E-state index >= 15 is 0 Å². The summed E-state index contributed by atoms with van der Waals surface area (Å²) in [6, 6.07) is 3.69. The van der Waals surface area contributed by atoms with Gasteiger partial charge in [0.25, 0.3) is 0 Å². The monoisotopic (exact) mass is 218 g/mol. The fourth-order valence-electron chi connectivity index (χ4n) is 2.19. The molecule has 5 heteroatoms. The average Bonchev–Trinajstić information content (AvgIpc) is 2.82. The van der Waals surface area contributed by atoms with E-state index in [-0.39, 0.29) is 6.10 Å². The van der Waals surface area contributed by atoms with Crippen molar-refractivity contribution in [2.24, 2.45) is 0 Å². The summed E-state index contributed by atoms with van der Waals surface area (Å²) in [5, 5.41) is 0. The zero-order chi connectivity index (χ0) is 11.1. The lowest BCUT2D eigenvalue weighted by atomic mass is 10.0. The van der Waals surface area contributed by atoms with Crippen molar-refractivity contribution < 1.29 is 4.74 Å². The van der Waals surface area contributed by atoms with Crippen LogP contribution in [0.5, 0.6) is 0 Å². The van der Waals surface area contributed by atoms with E-state index in [1.165, 1.54) is 0 Å². The second kappa shape index (κ2) is 3.45. The van der Waals surface area contributed by atoms with Gasteiger partial charge in [-0.3, -0.25) is 0 Å². The maximum atomic E-state index is 5.62. The number of aromatic nitrogens is 3. The Morgan fingerprint density at radius 2 is 2.31 bits per heavy atom. The molecule has 0 aliphatic carbocycles. The molecule has 2 unspecified atom stereocenters. The van der Waals surface area contributed by atoms with Gasteiger partial charge in [0.15, 0.2) is 5.65 Å². The number of hydrogen-bond acceptors (Lipinski definition) is 4. The highest BCUT2D eigenvalue weighted by molar-refractivity contribution is 5.72. The van der Waals surface area contributed by atoms with Crippen LogP contribution in [0.1, 0.15) is 25.1 Å². The summed E-state index contributed by atoms with van der Waals surface area (Å²) in [4.78, 5) is 12.0. The number of hydrogen-bond donors (Lipinski definition) is 2. The van der Waals surface area contributed by atoms with E-state index < -0.39 is 0 Å². The van der Waals surface area contributed by atoms with Gasteiger partial charge in [0.05, 0.1) is 11.6 Å². The van der Waals surface area contributed by atoms with Crippen LogP contribution in [-0.4, -0.2) is 27.7 Å². The number of aromatic amines is 1. The second-order valence-corrected chi connectivity index (χ2v) is 4.20. The molecule has 0 saturated carbocycles. The molecular formula is C11H14N4O. The largest absolute Gasteiger partial charge is 0.384 e. The molecular weight excluding hydrogens is 204 g/mol. The Morgan fingerprint density at radius 1 is 1.44 bits per heavy atom. The van der Waals surface area contributed by atoms with Crippen LogP contribution >= 0.6 is 0 Å². The molecule has 84 valence electrons. The Labute approximate surface area is 93.0 Å². The van der Waals surface area contributed by atoms with E-state index in [4.69, 9.17) is 10.5 Å². The van der Waals surface area contributed by atoms with Crippen molar-refractivity contribution in [2.45, 2.75) is 25.4 Å². The third-order valence-electron chi connectivity index (χ3n) is 3.11. The van der Waals surface area contributed by atoms with E-state index in [1.807, 2.05) is 6.07 Å². The van der Waals surface area contributed by atoms with Gasteiger partial charge < -0.3 is 15.5 Å². The summed E-state index contributed by atoms with van der Waals surface area (Å²) in [6.45, 7) is 2.88. The summed E-state index contributed by atoms with van der Waals surface area (Å²) in [6.07, 6.45) is 1.23. The molecule has 0 aromatic carbocycles. The first kappa shape index (κ1) is 9.59. The van der Waals surface area contributed by atoms with Crippen molar-refractivity contribution in [3.63, 3.8) is 0 Å². The topological polar surface area (TPSA) is 76.8 Å². The van der Waals surface area contributed by atoms with Crippen LogP contribution in [0.2, 0.25) is 0 Å². The summed E-state index contributed by atoms with van der Waals surface area (Å²) in [7, 11) is 0. The lowest BCUT2D eigenvalue weighted by Gasteiger charge is -2.09. The Balaban J connectivity index is 2.04. The van der Waals surface area contributed by atoms with Crippen molar-refractivity contribution in [1.29, 1.82) is 0 Å². The van der Waals surface area contributed by atoms with Gasteiger partial charge in [0.1, 0.15) is 11.6 Å². The highest BCUT2D eigenvalue weighted by Crippen LogP contribution is 2.30. The molecule has 0 bridgehead atoms. The van der Waals surface area contributed by atoms with Gasteiger partial charge in [-0.15, -0.1) is 0 Å². The molecule has 0 amide bonds. The molecule has 0 radical (unpaired) electrons. The zero-order valence-electron chi connectivity index (χ0n) is 9.10. The highest BCUT2D eigenvalue weighted by atomic mass is 16.5. The number of pyridine rings is 1. The smallest absolute Gasteiger partial charge is 0.179 e. The Kier molecular flexibility index (Phi) is 2.07. The maximum absolute atomic E-state index is 5.62. The number of ether oxygens (including phenoxy) is 1. The normalized spacial score (nSPS) is 25.3. The predicted molar refractivity (Wildman–Crippen MR) is 61.1 cm³/mol. The molecule has 16 heavy (non-hydrogen) atoms. The lowest BCUT2D eigenvalue weighted by Crippen LogP contribution is -2.10. The molecule has 1 fully saturated rings. The summed E-state index contributed by atoms with van der Waals surface area (Å²) >= 11 is 0. The van der Waals surface area contributed by atoms with Crippen molar-refractivity contribution in [3.05, 3.63) is 18.0 Å². The van der Waals surface area contributed by atoms with Crippen molar-refractivity contribution >= 4 is 17.0 Å². The van der Waals surface area contributed by atoms with Gasteiger partial charge in [0.2, 0.25) is 0 Å². The molecule has 3 rings (SSSR count). The third kappa shape index (κ3) is 1.44. The van der Waals surface area contributed by atoms with Gasteiger partial charge in [0, 0.05) is 12.5 Å². The highest BCUT2D eigenvalue weighted by Gasteiger charge is 2.28. The minimum Gasteiger partial charge on any atom is -0.384 e. The zero-order valence-corrected chi connectivity index (χ0v) is 9.10. The number of nitrogen functional groups attached to an aromatic ring is 1. The molecule has 2 aromatic rings. The van der Waals surface area contributed by atoms with Crippen LogP contribution < -0.4 is 5.73 Å². The minimum absolute atomic E-state index is 0.220. The first-order valence-electron chi connectivity index (χ1n) is 5.48. The second-order valence-electron chi connectivity index (χ2n) is 4.20.